The van der Waals surface area contributed by atoms with Gasteiger partial charge in [-0.15, -0.1) is 0 Å². The molecule has 0 spiro atoms. The molecule has 0 bridgehead atoms. The molecule has 0 aromatic heterocycles. The van der Waals surface area contributed by atoms with Crippen LogP contribution in [-0.4, -0.2) is 17.0 Å². The van der Waals surface area contributed by atoms with Crippen molar-refractivity contribution in [2.45, 2.75) is 119 Å². The van der Waals surface area contributed by atoms with E-state index in [1.165, 1.54) is 63.9 Å². The van der Waals surface area contributed by atoms with Gasteiger partial charge < -0.3 is 0 Å². The molecule has 4 rings (SSSR count). The fourth-order valence-corrected chi connectivity index (χ4v) is 15.6. The summed E-state index contributed by atoms with van der Waals surface area (Å²) < 4.78 is 0. The molecule has 0 heterocycles. The molecular formula is C25H41Cl4PRu2. The summed E-state index contributed by atoms with van der Waals surface area (Å²) in [6, 6.07) is 11.8. The summed E-state index contributed by atoms with van der Waals surface area (Å²) in [6.45, 7) is 0. The van der Waals surface area contributed by atoms with Crippen molar-refractivity contribution in [2.24, 2.45) is 0 Å². The fraction of sp³-hybridized carbons (Fsp3) is 0.760. The Morgan fingerprint density at radius 1 is 0.562 bits per heavy atom. The Morgan fingerprint density at radius 2 is 0.875 bits per heavy atom. The summed E-state index contributed by atoms with van der Waals surface area (Å²) in [5.41, 5.74) is 5.12. The van der Waals surface area contributed by atoms with E-state index < -0.39 is 7.26 Å². The van der Waals surface area contributed by atoms with Crippen LogP contribution in [0.15, 0.2) is 30.3 Å². The van der Waals surface area contributed by atoms with Crippen LogP contribution in [-0.2, 0) is 36.5 Å². The number of rotatable bonds is 5. The van der Waals surface area contributed by atoms with Gasteiger partial charge in [-0.05, 0) is 0 Å². The van der Waals surface area contributed by atoms with Crippen molar-refractivity contribution in [3.63, 3.8) is 0 Å². The summed E-state index contributed by atoms with van der Waals surface area (Å²) in [4.78, 5) is 0. The molecule has 0 radical (unpaired) electrons. The first-order valence-corrected chi connectivity index (χ1v) is 23.9. The van der Waals surface area contributed by atoms with Gasteiger partial charge in [-0.3, -0.25) is 0 Å². The molecule has 3 fully saturated rings. The number of halogens is 4. The van der Waals surface area contributed by atoms with Gasteiger partial charge >= 0.3 is 232 Å². The summed E-state index contributed by atoms with van der Waals surface area (Å²) in [5, 5.41) is 0. The van der Waals surface area contributed by atoms with Gasteiger partial charge in [0.2, 0.25) is 0 Å². The molecule has 190 valence electrons. The minimum absolute atomic E-state index is 0.346. The molecule has 0 atom stereocenters. The first-order valence-electron chi connectivity index (χ1n) is 12.5. The van der Waals surface area contributed by atoms with Gasteiger partial charge in [0, 0.05) is 0 Å². The first kappa shape index (κ1) is 30.3. The van der Waals surface area contributed by atoms with Crippen LogP contribution in [0.5, 0.6) is 0 Å². The second kappa shape index (κ2) is 18.3. The second-order valence-corrected chi connectivity index (χ2v) is 20.2. The van der Waals surface area contributed by atoms with E-state index in [0.29, 0.717) is 0 Å². The van der Waals surface area contributed by atoms with Crippen LogP contribution in [0.3, 0.4) is 0 Å². The van der Waals surface area contributed by atoms with Crippen molar-refractivity contribution < 1.29 is 30.3 Å². The van der Waals surface area contributed by atoms with E-state index >= 15 is 0 Å². The van der Waals surface area contributed by atoms with Crippen LogP contribution in [0.25, 0.3) is 0 Å². The Labute approximate surface area is 229 Å². The van der Waals surface area contributed by atoms with Crippen LogP contribution >= 0.6 is 46.0 Å². The molecule has 0 aliphatic heterocycles. The first-order chi connectivity index (χ1) is 15.7. The van der Waals surface area contributed by atoms with Crippen LogP contribution in [0.4, 0.5) is 0 Å². The molecule has 0 N–H and O–H groups in total. The zero-order chi connectivity index (χ0) is 23.1. The molecule has 1 aromatic rings. The Bertz CT molecular complexity index is 527. The molecule has 7 heteroatoms. The Balaban J connectivity index is 0.000000547. The number of hydrogen-bond acceptors (Lipinski definition) is 0. The van der Waals surface area contributed by atoms with Crippen molar-refractivity contribution >= 4 is 46.0 Å². The van der Waals surface area contributed by atoms with Gasteiger partial charge in [0.15, 0.2) is 0 Å². The van der Waals surface area contributed by atoms with Crippen molar-refractivity contribution in [2.75, 3.05) is 0 Å². The van der Waals surface area contributed by atoms with Crippen LogP contribution in [0.2, 0.25) is 0 Å². The summed E-state index contributed by atoms with van der Waals surface area (Å²) in [7, 11) is 18.1. The summed E-state index contributed by atoms with van der Waals surface area (Å²) in [5.74, 6) is 0. The standard InChI is InChI=1S/C25H41P.4ClH.2Ru/c1-5-13-22(14-6-1)21-26(23-15-7-2-8-16-23,24-17-9-3-10-18-24)25-19-11-4-12-20-25;;;;;;/h1,5-6,13-14,23-26H,2-4,7-12,15-21H2;4*1H;;/q;;;;;2*+2/p-4. The molecule has 0 nitrogen and oxygen atoms in total. The van der Waals surface area contributed by atoms with E-state index in [0.717, 1.165) is 17.0 Å². The second-order valence-electron chi connectivity index (χ2n) is 9.88. The molecule has 1 aromatic carbocycles. The maximum absolute atomic E-state index is 4.85. The third-order valence-corrected chi connectivity index (χ3v) is 15.8. The summed E-state index contributed by atoms with van der Waals surface area (Å²) >= 11 is -0.691. The fourth-order valence-electron chi connectivity index (χ4n) is 7.30. The third kappa shape index (κ3) is 9.50. The van der Waals surface area contributed by atoms with Crippen LogP contribution in [0.1, 0.15) is 102 Å². The van der Waals surface area contributed by atoms with Crippen molar-refractivity contribution in [3.8, 4) is 0 Å². The quantitative estimate of drug-likeness (QED) is 0.210. The molecule has 3 aliphatic rings. The van der Waals surface area contributed by atoms with E-state index in [2.05, 4.69) is 30.3 Å². The van der Waals surface area contributed by atoms with E-state index in [-0.39, 0.29) is 30.3 Å². The minimum atomic E-state index is -1.33. The zero-order valence-corrected chi connectivity index (χ0v) is 26.7. The number of benzene rings is 1. The van der Waals surface area contributed by atoms with Crippen LogP contribution < -0.4 is 0 Å². The van der Waals surface area contributed by atoms with Crippen LogP contribution in [0, 0.1) is 0 Å². The van der Waals surface area contributed by atoms with Gasteiger partial charge in [0.1, 0.15) is 0 Å². The molecule has 32 heavy (non-hydrogen) atoms. The Hall–Kier alpha value is 2.06. The average Bonchev–Trinajstić information content (AvgIpc) is 2.86. The molecule has 3 saturated carbocycles. The zero-order valence-electron chi connectivity index (χ0n) is 19.2. The SMILES string of the molecule is [Cl][Ru][Cl].[Cl][Ru][Cl].c1ccc(C[PH](C2CCCCC2)(C2CCCCC2)C2CCCCC2)cc1. The number of hydrogen-bond donors (Lipinski definition) is 0. The molecule has 0 unspecified atom stereocenters. The maximum atomic E-state index is 4.85. The summed E-state index contributed by atoms with van der Waals surface area (Å²) in [6.07, 6.45) is 24.8. The van der Waals surface area contributed by atoms with E-state index in [1.54, 1.807) is 44.1 Å². The van der Waals surface area contributed by atoms with Gasteiger partial charge in [0.05, 0.1) is 0 Å². The average molecular weight is 717 g/mol. The van der Waals surface area contributed by atoms with E-state index in [9.17, 15) is 0 Å². The van der Waals surface area contributed by atoms with Crippen molar-refractivity contribution in [1.29, 1.82) is 0 Å². The molecule has 3 aliphatic carbocycles. The monoisotopic (exact) mass is 716 g/mol. The predicted molar refractivity (Wildman–Crippen MR) is 142 cm³/mol. The van der Waals surface area contributed by atoms with Gasteiger partial charge in [-0.2, -0.15) is 0 Å². The Kier molecular flexibility index (Phi) is 17.3. The van der Waals surface area contributed by atoms with Crippen molar-refractivity contribution in [3.05, 3.63) is 35.9 Å². The predicted octanol–water partition coefficient (Wildman–Crippen LogP) is 10.7. The van der Waals surface area contributed by atoms with E-state index in [4.69, 9.17) is 38.8 Å². The van der Waals surface area contributed by atoms with Gasteiger partial charge in [-0.25, -0.2) is 0 Å². The van der Waals surface area contributed by atoms with Gasteiger partial charge in [-0.1, -0.05) is 0 Å². The van der Waals surface area contributed by atoms with Gasteiger partial charge in [0.25, 0.3) is 0 Å². The van der Waals surface area contributed by atoms with Crippen molar-refractivity contribution in [1.82, 2.24) is 0 Å². The molecule has 0 saturated heterocycles. The Morgan fingerprint density at radius 3 is 1.19 bits per heavy atom. The third-order valence-electron chi connectivity index (χ3n) is 8.45. The van der Waals surface area contributed by atoms with E-state index in [1.807, 2.05) is 0 Å². The topological polar surface area (TPSA) is 0 Å². The molecular weight excluding hydrogens is 675 g/mol. The normalized spacial score (nSPS) is 21.9. The molecule has 0 amide bonds.